The summed E-state index contributed by atoms with van der Waals surface area (Å²) in [6.45, 7) is 2.59. The van der Waals surface area contributed by atoms with Gasteiger partial charge in [0.05, 0.1) is 12.6 Å². The summed E-state index contributed by atoms with van der Waals surface area (Å²) in [5.74, 6) is 0.823. The number of hydrogen-bond acceptors (Lipinski definition) is 2. The Kier molecular flexibility index (Phi) is 4.70. The lowest BCUT2D eigenvalue weighted by Crippen LogP contribution is -2.13. The van der Waals surface area contributed by atoms with Crippen LogP contribution in [0.3, 0.4) is 0 Å². The normalized spacial score (nSPS) is 12.2. The number of ether oxygens (including phenoxy) is 1. The Morgan fingerprint density at radius 2 is 1.63 bits per heavy atom. The van der Waals surface area contributed by atoms with Gasteiger partial charge < -0.3 is 10.5 Å². The number of benzene rings is 2. The molecule has 0 aliphatic carbocycles. The van der Waals surface area contributed by atoms with Gasteiger partial charge in [-0.2, -0.15) is 0 Å². The Morgan fingerprint density at radius 1 is 1.05 bits per heavy atom. The van der Waals surface area contributed by atoms with Crippen molar-refractivity contribution in [2.45, 2.75) is 13.0 Å². The van der Waals surface area contributed by atoms with Gasteiger partial charge in [-0.05, 0) is 36.8 Å². The maximum atomic E-state index is 6.23. The minimum atomic E-state index is -0.350. The van der Waals surface area contributed by atoms with Crippen molar-refractivity contribution >= 4 is 23.2 Å². The molecule has 0 aliphatic rings. The van der Waals surface area contributed by atoms with Crippen molar-refractivity contribution in [2.75, 3.05) is 6.61 Å². The zero-order valence-corrected chi connectivity index (χ0v) is 12.1. The molecular weight excluding hydrogens is 281 g/mol. The van der Waals surface area contributed by atoms with Gasteiger partial charge in [0.1, 0.15) is 5.75 Å². The summed E-state index contributed by atoms with van der Waals surface area (Å²) >= 11 is 12.3. The summed E-state index contributed by atoms with van der Waals surface area (Å²) in [6, 6.07) is 12.7. The summed E-state index contributed by atoms with van der Waals surface area (Å²) in [4.78, 5) is 0. The van der Waals surface area contributed by atoms with E-state index in [1.165, 1.54) is 0 Å². The van der Waals surface area contributed by atoms with Crippen LogP contribution in [0.2, 0.25) is 10.0 Å². The van der Waals surface area contributed by atoms with Gasteiger partial charge in [0.25, 0.3) is 0 Å². The van der Waals surface area contributed by atoms with Crippen LogP contribution in [0.5, 0.6) is 5.75 Å². The summed E-state index contributed by atoms with van der Waals surface area (Å²) in [7, 11) is 0. The number of rotatable bonds is 4. The summed E-state index contributed by atoms with van der Waals surface area (Å²) < 4.78 is 5.40. The van der Waals surface area contributed by atoms with Crippen molar-refractivity contribution < 1.29 is 4.74 Å². The van der Waals surface area contributed by atoms with Gasteiger partial charge in [-0.15, -0.1) is 0 Å². The van der Waals surface area contributed by atoms with Crippen LogP contribution in [0.4, 0.5) is 0 Å². The monoisotopic (exact) mass is 295 g/mol. The number of nitrogens with two attached hydrogens (primary N) is 1. The molecule has 2 nitrogen and oxygen atoms in total. The summed E-state index contributed by atoms with van der Waals surface area (Å²) in [6.07, 6.45) is 0. The molecule has 19 heavy (non-hydrogen) atoms. The second kappa shape index (κ2) is 6.29. The van der Waals surface area contributed by atoms with Crippen LogP contribution in [-0.2, 0) is 0 Å². The predicted octanol–water partition coefficient (Wildman–Crippen LogP) is 4.44. The molecule has 0 fully saturated rings. The molecule has 2 aromatic carbocycles. The van der Waals surface area contributed by atoms with E-state index < -0.39 is 0 Å². The molecule has 0 amide bonds. The lowest BCUT2D eigenvalue weighted by molar-refractivity contribution is 0.340. The van der Waals surface area contributed by atoms with Gasteiger partial charge in [-0.25, -0.2) is 0 Å². The first kappa shape index (κ1) is 14.2. The van der Waals surface area contributed by atoms with Crippen molar-refractivity contribution in [1.29, 1.82) is 0 Å². The smallest absolute Gasteiger partial charge is 0.119 e. The maximum absolute atomic E-state index is 6.23. The van der Waals surface area contributed by atoms with Gasteiger partial charge in [0.15, 0.2) is 0 Å². The first-order valence-electron chi connectivity index (χ1n) is 6.05. The molecule has 0 aliphatic heterocycles. The minimum absolute atomic E-state index is 0.350. The highest BCUT2D eigenvalue weighted by Gasteiger charge is 2.15. The van der Waals surface area contributed by atoms with Crippen molar-refractivity contribution in [3.8, 4) is 5.75 Å². The number of halogens is 2. The molecule has 0 spiro atoms. The average Bonchev–Trinajstić information content (AvgIpc) is 2.39. The predicted molar refractivity (Wildman–Crippen MR) is 80.1 cm³/mol. The Balaban J connectivity index is 2.31. The van der Waals surface area contributed by atoms with E-state index in [-0.39, 0.29) is 6.04 Å². The van der Waals surface area contributed by atoms with E-state index in [2.05, 4.69) is 0 Å². The molecule has 1 atom stereocenters. The second-order valence-electron chi connectivity index (χ2n) is 4.12. The molecule has 0 radical (unpaired) electrons. The highest BCUT2D eigenvalue weighted by Crippen LogP contribution is 2.33. The standard InChI is InChI=1S/C15H15Cl2NO/c1-2-19-11-8-6-10(7-9-11)15(18)14-12(16)4-3-5-13(14)17/h3-9,15H,2,18H2,1H3. The van der Waals surface area contributed by atoms with Crippen LogP contribution >= 0.6 is 23.2 Å². The lowest BCUT2D eigenvalue weighted by atomic mass is 9.99. The topological polar surface area (TPSA) is 35.2 Å². The van der Waals surface area contributed by atoms with E-state index in [0.29, 0.717) is 16.7 Å². The Hall–Kier alpha value is -1.22. The van der Waals surface area contributed by atoms with Crippen molar-refractivity contribution in [1.82, 2.24) is 0 Å². The zero-order chi connectivity index (χ0) is 13.8. The first-order chi connectivity index (χ1) is 9.13. The van der Waals surface area contributed by atoms with E-state index in [4.69, 9.17) is 33.7 Å². The van der Waals surface area contributed by atoms with Crippen LogP contribution < -0.4 is 10.5 Å². The molecule has 2 N–H and O–H groups in total. The third-order valence-corrected chi connectivity index (χ3v) is 3.52. The number of hydrogen-bond donors (Lipinski definition) is 1. The zero-order valence-electron chi connectivity index (χ0n) is 10.6. The van der Waals surface area contributed by atoms with Gasteiger partial charge in [0, 0.05) is 15.6 Å². The molecule has 4 heteroatoms. The lowest BCUT2D eigenvalue weighted by Gasteiger charge is -2.16. The molecule has 0 heterocycles. The summed E-state index contributed by atoms with van der Waals surface area (Å²) in [5, 5.41) is 1.16. The molecule has 2 rings (SSSR count). The largest absolute Gasteiger partial charge is 0.494 e. The highest BCUT2D eigenvalue weighted by molar-refractivity contribution is 6.36. The van der Waals surface area contributed by atoms with Crippen molar-refractivity contribution in [2.24, 2.45) is 5.73 Å². The van der Waals surface area contributed by atoms with E-state index in [1.807, 2.05) is 31.2 Å². The Bertz CT molecular complexity index is 534. The van der Waals surface area contributed by atoms with Crippen LogP contribution in [0.1, 0.15) is 24.1 Å². The minimum Gasteiger partial charge on any atom is -0.494 e. The maximum Gasteiger partial charge on any atom is 0.119 e. The van der Waals surface area contributed by atoms with Crippen LogP contribution in [-0.4, -0.2) is 6.61 Å². The van der Waals surface area contributed by atoms with Gasteiger partial charge in [-0.3, -0.25) is 0 Å². The second-order valence-corrected chi connectivity index (χ2v) is 4.93. The third kappa shape index (κ3) is 3.21. The van der Waals surface area contributed by atoms with Gasteiger partial charge in [-0.1, -0.05) is 41.4 Å². The fraction of sp³-hybridized carbons (Fsp3) is 0.200. The van der Waals surface area contributed by atoms with Gasteiger partial charge in [0.2, 0.25) is 0 Å². The van der Waals surface area contributed by atoms with Crippen LogP contribution in [0, 0.1) is 0 Å². The van der Waals surface area contributed by atoms with E-state index >= 15 is 0 Å². The van der Waals surface area contributed by atoms with Gasteiger partial charge >= 0.3 is 0 Å². The fourth-order valence-electron chi connectivity index (χ4n) is 1.91. The van der Waals surface area contributed by atoms with Crippen LogP contribution in [0.15, 0.2) is 42.5 Å². The Morgan fingerprint density at radius 3 is 2.16 bits per heavy atom. The van der Waals surface area contributed by atoms with Crippen molar-refractivity contribution in [3.05, 3.63) is 63.6 Å². The van der Waals surface area contributed by atoms with Crippen LogP contribution in [0.25, 0.3) is 0 Å². The SMILES string of the molecule is CCOc1ccc(C(N)c2c(Cl)cccc2Cl)cc1. The quantitative estimate of drug-likeness (QED) is 0.905. The van der Waals surface area contributed by atoms with E-state index in [0.717, 1.165) is 16.9 Å². The third-order valence-electron chi connectivity index (χ3n) is 2.86. The first-order valence-corrected chi connectivity index (χ1v) is 6.81. The fourth-order valence-corrected chi connectivity index (χ4v) is 2.55. The van der Waals surface area contributed by atoms with E-state index in [9.17, 15) is 0 Å². The molecule has 1 unspecified atom stereocenters. The Labute approximate surface area is 123 Å². The molecule has 0 aromatic heterocycles. The average molecular weight is 296 g/mol. The molecule has 0 saturated heterocycles. The molecule has 2 aromatic rings. The molecule has 0 saturated carbocycles. The van der Waals surface area contributed by atoms with Crippen molar-refractivity contribution in [3.63, 3.8) is 0 Å². The summed E-state index contributed by atoms with van der Waals surface area (Å²) in [5.41, 5.74) is 7.92. The van der Waals surface area contributed by atoms with E-state index in [1.54, 1.807) is 18.2 Å². The molecule has 0 bridgehead atoms. The molecular formula is C15H15Cl2NO. The molecule has 100 valence electrons. The highest BCUT2D eigenvalue weighted by atomic mass is 35.5.